The average molecular weight is 499 g/mol. The molecule has 1 atom stereocenters. The van der Waals surface area contributed by atoms with Crippen molar-refractivity contribution in [3.8, 4) is 6.07 Å². The number of halogens is 1. The SMILES string of the molecule is Cc1nc(N2CCC3(CC2)c2ncccc2C[C@H]3NC(=O)OC(C)(C)C)nc(C#N)c1Br. The Kier molecular flexibility index (Phi) is 5.84. The van der Waals surface area contributed by atoms with Gasteiger partial charge in [-0.25, -0.2) is 14.8 Å². The topological polar surface area (TPSA) is 104 Å². The molecule has 0 aromatic carbocycles. The van der Waals surface area contributed by atoms with Gasteiger partial charge < -0.3 is 15.0 Å². The predicted molar refractivity (Wildman–Crippen MR) is 123 cm³/mol. The summed E-state index contributed by atoms with van der Waals surface area (Å²) in [6.45, 7) is 8.85. The number of alkyl carbamates (subject to hydrolysis) is 1. The van der Waals surface area contributed by atoms with Crippen molar-refractivity contribution in [2.75, 3.05) is 18.0 Å². The molecule has 0 saturated carbocycles. The number of carbonyl (C=O) groups excluding carboxylic acids is 1. The summed E-state index contributed by atoms with van der Waals surface area (Å²) in [6.07, 6.45) is 3.73. The van der Waals surface area contributed by atoms with Crippen molar-refractivity contribution in [2.24, 2.45) is 0 Å². The highest BCUT2D eigenvalue weighted by Gasteiger charge is 2.50. The predicted octanol–water partition coefficient (Wildman–Crippen LogP) is 3.80. The van der Waals surface area contributed by atoms with E-state index in [4.69, 9.17) is 9.72 Å². The zero-order valence-corrected chi connectivity index (χ0v) is 20.4. The molecule has 9 heteroatoms. The van der Waals surface area contributed by atoms with Crippen LogP contribution >= 0.6 is 15.9 Å². The molecule has 2 aromatic rings. The molecule has 1 aliphatic carbocycles. The number of aryl methyl sites for hydroxylation is 1. The van der Waals surface area contributed by atoms with E-state index in [2.05, 4.69) is 48.3 Å². The van der Waals surface area contributed by atoms with E-state index >= 15 is 0 Å². The quantitative estimate of drug-likeness (QED) is 0.670. The van der Waals surface area contributed by atoms with Crippen LogP contribution in [0.15, 0.2) is 22.8 Å². The van der Waals surface area contributed by atoms with Crippen LogP contribution in [0.5, 0.6) is 0 Å². The molecule has 1 aliphatic heterocycles. The van der Waals surface area contributed by atoms with Crippen LogP contribution in [0.3, 0.4) is 0 Å². The first-order chi connectivity index (χ1) is 15.1. The van der Waals surface area contributed by atoms with Gasteiger partial charge in [0.2, 0.25) is 5.95 Å². The molecule has 1 N–H and O–H groups in total. The largest absolute Gasteiger partial charge is 0.444 e. The number of anilines is 1. The molecule has 32 heavy (non-hydrogen) atoms. The molecule has 0 radical (unpaired) electrons. The first-order valence-electron chi connectivity index (χ1n) is 10.8. The minimum Gasteiger partial charge on any atom is -0.444 e. The van der Waals surface area contributed by atoms with Crippen molar-refractivity contribution >= 4 is 28.0 Å². The fourth-order valence-electron chi connectivity index (χ4n) is 4.72. The zero-order chi connectivity index (χ0) is 23.1. The minimum atomic E-state index is -0.556. The highest BCUT2D eigenvalue weighted by Crippen LogP contribution is 2.45. The molecule has 1 fully saturated rings. The number of nitrogens with zero attached hydrogens (tertiary/aromatic N) is 5. The van der Waals surface area contributed by atoms with E-state index in [-0.39, 0.29) is 11.5 Å². The molecule has 1 saturated heterocycles. The normalized spacial score (nSPS) is 19.4. The van der Waals surface area contributed by atoms with Crippen molar-refractivity contribution in [3.05, 3.63) is 45.4 Å². The Morgan fingerprint density at radius 2 is 2.06 bits per heavy atom. The third kappa shape index (κ3) is 4.16. The van der Waals surface area contributed by atoms with Gasteiger partial charge in [0.1, 0.15) is 11.7 Å². The van der Waals surface area contributed by atoms with Crippen LogP contribution in [-0.2, 0) is 16.6 Å². The lowest BCUT2D eigenvalue weighted by atomic mass is 9.73. The van der Waals surface area contributed by atoms with Crippen molar-refractivity contribution in [1.82, 2.24) is 20.3 Å². The Bertz CT molecular complexity index is 1080. The van der Waals surface area contributed by atoms with E-state index in [0.717, 1.165) is 30.7 Å². The van der Waals surface area contributed by atoms with Gasteiger partial charge in [-0.3, -0.25) is 4.98 Å². The van der Waals surface area contributed by atoms with Crippen LogP contribution in [0.1, 0.15) is 56.3 Å². The highest BCUT2D eigenvalue weighted by molar-refractivity contribution is 9.10. The highest BCUT2D eigenvalue weighted by atomic mass is 79.9. The van der Waals surface area contributed by atoms with Crippen molar-refractivity contribution in [2.45, 2.75) is 64.0 Å². The first kappa shape index (κ1) is 22.5. The number of amides is 1. The second kappa shape index (κ2) is 8.32. The average Bonchev–Trinajstić information content (AvgIpc) is 3.02. The van der Waals surface area contributed by atoms with E-state index in [9.17, 15) is 10.1 Å². The number of nitriles is 1. The fourth-order valence-corrected chi connectivity index (χ4v) is 4.99. The molecule has 8 nitrogen and oxygen atoms in total. The molecular formula is C23H27BrN6O2. The second-order valence-corrected chi connectivity index (χ2v) is 10.2. The van der Waals surface area contributed by atoms with Crippen LogP contribution in [0.25, 0.3) is 0 Å². The number of fused-ring (bicyclic) bond motifs is 2. The summed E-state index contributed by atoms with van der Waals surface area (Å²) < 4.78 is 6.17. The standard InChI is InChI=1S/C23H27BrN6O2/c1-14-18(24)16(13-25)28-20(27-14)30-10-7-23(8-11-30)17(29-21(31)32-22(2,3)4)12-15-6-5-9-26-19(15)23/h5-6,9,17H,7-8,10-12H2,1-4H3,(H,29,31)/t17-/m1/s1. The van der Waals surface area contributed by atoms with Gasteiger partial charge in [0.25, 0.3) is 0 Å². The lowest BCUT2D eigenvalue weighted by Gasteiger charge is -2.43. The third-order valence-corrected chi connectivity index (χ3v) is 7.14. The van der Waals surface area contributed by atoms with Gasteiger partial charge in [0.15, 0.2) is 5.69 Å². The number of hydrogen-bond acceptors (Lipinski definition) is 7. The van der Waals surface area contributed by atoms with Crippen molar-refractivity contribution in [3.63, 3.8) is 0 Å². The van der Waals surface area contributed by atoms with Crippen LogP contribution in [0.2, 0.25) is 0 Å². The molecule has 1 spiro atoms. The molecule has 168 valence electrons. The first-order valence-corrected chi connectivity index (χ1v) is 11.6. The van der Waals surface area contributed by atoms with Crippen LogP contribution in [0, 0.1) is 18.3 Å². The number of rotatable bonds is 2. The van der Waals surface area contributed by atoms with Crippen LogP contribution in [0.4, 0.5) is 10.7 Å². The van der Waals surface area contributed by atoms with E-state index in [0.29, 0.717) is 29.2 Å². The molecule has 1 amide bonds. The Hall–Kier alpha value is -2.73. The summed E-state index contributed by atoms with van der Waals surface area (Å²) in [5.41, 5.74) is 2.48. The van der Waals surface area contributed by atoms with E-state index in [1.165, 1.54) is 5.56 Å². The molecule has 3 heterocycles. The number of piperidine rings is 1. The third-order valence-electron chi connectivity index (χ3n) is 6.19. The van der Waals surface area contributed by atoms with Gasteiger partial charge >= 0.3 is 6.09 Å². The summed E-state index contributed by atoms with van der Waals surface area (Å²) in [5.74, 6) is 0.563. The fraction of sp³-hybridized carbons (Fsp3) is 0.522. The van der Waals surface area contributed by atoms with E-state index in [1.54, 1.807) is 0 Å². The van der Waals surface area contributed by atoms with Crippen molar-refractivity contribution in [1.29, 1.82) is 5.26 Å². The maximum atomic E-state index is 12.6. The molecule has 4 rings (SSSR count). The number of hydrogen-bond donors (Lipinski definition) is 1. The number of pyridine rings is 1. The van der Waals surface area contributed by atoms with Gasteiger partial charge in [0, 0.05) is 30.7 Å². The smallest absolute Gasteiger partial charge is 0.407 e. The van der Waals surface area contributed by atoms with Crippen LogP contribution < -0.4 is 10.2 Å². The number of ether oxygens (including phenoxy) is 1. The lowest BCUT2D eigenvalue weighted by molar-refractivity contribution is 0.0472. The summed E-state index contributed by atoms with van der Waals surface area (Å²) in [4.78, 5) is 28.5. The Balaban J connectivity index is 1.58. The van der Waals surface area contributed by atoms with Gasteiger partial charge in [-0.2, -0.15) is 5.26 Å². The summed E-state index contributed by atoms with van der Waals surface area (Å²) >= 11 is 3.39. The van der Waals surface area contributed by atoms with Gasteiger partial charge in [-0.15, -0.1) is 0 Å². The van der Waals surface area contributed by atoms with E-state index in [1.807, 2.05) is 40.0 Å². The second-order valence-electron chi connectivity index (χ2n) is 9.44. The Morgan fingerprint density at radius 3 is 2.72 bits per heavy atom. The molecule has 0 bridgehead atoms. The Labute approximate surface area is 196 Å². The van der Waals surface area contributed by atoms with Gasteiger partial charge in [0.05, 0.1) is 15.9 Å². The van der Waals surface area contributed by atoms with Gasteiger partial charge in [-0.1, -0.05) is 6.07 Å². The number of carbonyl (C=O) groups is 1. The summed E-state index contributed by atoms with van der Waals surface area (Å²) in [6, 6.07) is 6.07. The minimum absolute atomic E-state index is 0.0911. The van der Waals surface area contributed by atoms with Crippen LogP contribution in [-0.4, -0.2) is 45.8 Å². The Morgan fingerprint density at radius 1 is 1.34 bits per heavy atom. The number of nitrogens with one attached hydrogen (secondary N) is 1. The molecule has 0 unspecified atom stereocenters. The summed E-state index contributed by atoms with van der Waals surface area (Å²) in [5, 5.41) is 12.5. The van der Waals surface area contributed by atoms with E-state index < -0.39 is 11.7 Å². The van der Waals surface area contributed by atoms with Gasteiger partial charge in [-0.05, 0) is 74.5 Å². The maximum absolute atomic E-state index is 12.6. The summed E-state index contributed by atoms with van der Waals surface area (Å²) in [7, 11) is 0. The molecule has 2 aromatic heterocycles. The maximum Gasteiger partial charge on any atom is 0.407 e. The molecular weight excluding hydrogens is 472 g/mol. The lowest BCUT2D eigenvalue weighted by Crippen LogP contribution is -2.55. The number of aromatic nitrogens is 3. The monoisotopic (exact) mass is 498 g/mol. The molecule has 2 aliphatic rings. The zero-order valence-electron chi connectivity index (χ0n) is 18.8. The van der Waals surface area contributed by atoms with Crippen molar-refractivity contribution < 1.29 is 9.53 Å².